The molecule has 0 unspecified atom stereocenters. The molecule has 0 spiro atoms. The van der Waals surface area contributed by atoms with Crippen molar-refractivity contribution in [2.45, 2.75) is 75.1 Å². The summed E-state index contributed by atoms with van der Waals surface area (Å²) in [6.07, 6.45) is 2.25. The number of nitrogens with zero attached hydrogens (tertiary/aromatic N) is 6. The molecule has 0 amide bonds. The molecule has 0 radical (unpaired) electrons. The fourth-order valence-electron chi connectivity index (χ4n) is 5.03. The van der Waals surface area contributed by atoms with Crippen molar-refractivity contribution in [2.75, 3.05) is 6.54 Å². The van der Waals surface area contributed by atoms with Crippen LogP contribution in [0.4, 0.5) is 18.9 Å². The third-order valence-electron chi connectivity index (χ3n) is 7.49. The van der Waals surface area contributed by atoms with Crippen LogP contribution < -0.4 is 17.0 Å². The maximum absolute atomic E-state index is 13.9. The highest BCUT2D eigenvalue weighted by Gasteiger charge is 2.38. The quantitative estimate of drug-likeness (QED) is 0.154. The molecule has 248 valence electrons. The van der Waals surface area contributed by atoms with Crippen LogP contribution in [0.1, 0.15) is 51.8 Å². The van der Waals surface area contributed by atoms with Crippen LogP contribution in [-0.2, 0) is 24.9 Å². The number of imidazole rings is 1. The van der Waals surface area contributed by atoms with Gasteiger partial charge in [-0.3, -0.25) is 19.5 Å². The van der Waals surface area contributed by atoms with Gasteiger partial charge in [0, 0.05) is 37.0 Å². The van der Waals surface area contributed by atoms with Crippen molar-refractivity contribution in [1.82, 2.24) is 23.7 Å². The molecule has 0 atom stereocenters. The van der Waals surface area contributed by atoms with Crippen LogP contribution in [0.5, 0.6) is 0 Å². The first-order valence-electron chi connectivity index (χ1n) is 14.1. The molecular weight excluding hydrogens is 635 g/mol. The molecule has 1 aromatic carbocycles. The first kappa shape index (κ1) is 34.4. The van der Waals surface area contributed by atoms with E-state index in [9.17, 15) is 32.9 Å². The van der Waals surface area contributed by atoms with Crippen molar-refractivity contribution in [3.63, 3.8) is 0 Å². The summed E-state index contributed by atoms with van der Waals surface area (Å²) in [7, 11) is 1.59. The van der Waals surface area contributed by atoms with Gasteiger partial charge >= 0.3 is 17.8 Å². The van der Waals surface area contributed by atoms with E-state index in [0.29, 0.717) is 35.0 Å². The number of aliphatic carboxylic acids is 1. The van der Waals surface area contributed by atoms with Crippen LogP contribution in [-0.4, -0.2) is 57.1 Å². The normalized spacial score (nSPS) is 14.6. The predicted octanol–water partition coefficient (Wildman–Crippen LogP) is 4.35. The van der Waals surface area contributed by atoms with Crippen molar-refractivity contribution < 1.29 is 32.4 Å². The van der Waals surface area contributed by atoms with E-state index in [4.69, 9.17) is 25.0 Å². The number of thioether (sulfide) groups is 1. The maximum atomic E-state index is 13.9. The molecule has 3 aromatic heterocycles. The van der Waals surface area contributed by atoms with Gasteiger partial charge in [-0.05, 0) is 32.8 Å². The summed E-state index contributed by atoms with van der Waals surface area (Å²) in [6, 6.07) is 4.06. The Morgan fingerprint density at radius 3 is 2.41 bits per heavy atom. The Hall–Kier alpha value is -4.45. The van der Waals surface area contributed by atoms with Crippen molar-refractivity contribution in [1.29, 1.82) is 0 Å². The first-order valence-corrected chi connectivity index (χ1v) is 14.9. The number of halogens is 3. The van der Waals surface area contributed by atoms with Gasteiger partial charge < -0.3 is 19.8 Å². The fraction of sp³-hybridized carbons (Fsp3) is 0.464. The number of fused-ring (bicyclic) bond motifs is 2. The van der Waals surface area contributed by atoms with E-state index < -0.39 is 28.3 Å². The number of hydrogen-bond acceptors (Lipinski definition) is 10. The zero-order valence-corrected chi connectivity index (χ0v) is 26.0. The number of carboxylic acid groups (broad SMARTS) is 1. The minimum atomic E-state index is -5.08. The topological polar surface area (TPSA) is 194 Å². The second-order valence-electron chi connectivity index (χ2n) is 11.1. The fourth-order valence-corrected chi connectivity index (χ4v) is 6.40. The summed E-state index contributed by atoms with van der Waals surface area (Å²) < 4.78 is 41.6. The SMILES string of the molecule is CC(C)=CCn1c(SC2(CN)CCCCC2)nc2c1c(=O)n(Cc1nc3cc([N+](=O)[O-])ccc3o1)c(=O)n2C.O=C(O)C(F)(F)F. The molecule has 46 heavy (non-hydrogen) atoms. The molecule has 3 heterocycles. The maximum Gasteiger partial charge on any atom is 0.490 e. The predicted molar refractivity (Wildman–Crippen MR) is 163 cm³/mol. The molecule has 18 heteroatoms. The van der Waals surface area contributed by atoms with Crippen LogP contribution in [0, 0.1) is 10.1 Å². The Balaban J connectivity index is 0.000000617. The molecule has 4 aromatic rings. The largest absolute Gasteiger partial charge is 0.490 e. The monoisotopic (exact) mass is 667 g/mol. The van der Waals surface area contributed by atoms with Crippen LogP contribution >= 0.6 is 11.8 Å². The Morgan fingerprint density at radius 2 is 1.85 bits per heavy atom. The molecule has 1 fully saturated rings. The van der Waals surface area contributed by atoms with E-state index >= 15 is 0 Å². The zero-order chi connectivity index (χ0) is 34.0. The average molecular weight is 668 g/mol. The number of non-ortho nitro benzene ring substituents is 1. The lowest BCUT2D eigenvalue weighted by Gasteiger charge is -2.35. The molecule has 5 rings (SSSR count). The lowest BCUT2D eigenvalue weighted by molar-refractivity contribution is -0.384. The van der Waals surface area contributed by atoms with Crippen LogP contribution in [0.2, 0.25) is 0 Å². The van der Waals surface area contributed by atoms with Crippen LogP contribution in [0.15, 0.2) is 49.0 Å². The Morgan fingerprint density at radius 1 is 1.20 bits per heavy atom. The number of carbonyl (C=O) groups is 1. The molecule has 0 bridgehead atoms. The number of nitro benzene ring substituents is 1. The van der Waals surface area contributed by atoms with Crippen molar-refractivity contribution in [3.05, 3.63) is 66.7 Å². The molecule has 14 nitrogen and oxygen atoms in total. The summed E-state index contributed by atoms with van der Waals surface area (Å²) in [4.78, 5) is 55.8. The van der Waals surface area contributed by atoms with E-state index in [1.807, 2.05) is 24.5 Å². The Bertz CT molecular complexity index is 1930. The molecule has 1 aliphatic carbocycles. The third-order valence-corrected chi connectivity index (χ3v) is 8.99. The van der Waals surface area contributed by atoms with Gasteiger partial charge in [0.1, 0.15) is 12.1 Å². The molecule has 1 aliphatic rings. The standard InChI is InChI=1S/C26H31N7O5S.C2HF3O2/c1-16(2)9-12-31-21-22(29-24(31)39-26(15-27)10-5-4-6-11-26)30(3)25(35)32(23(21)34)14-20-28-18-13-17(33(36)37)7-8-19(18)38-20;3-2(4,5)1(6)7/h7-9,13H,4-6,10-12,14-15,27H2,1-3H3;(H,6,7). The molecule has 3 N–H and O–H groups in total. The second kappa shape index (κ2) is 13.5. The number of benzene rings is 1. The van der Waals surface area contributed by atoms with E-state index in [-0.39, 0.29) is 28.4 Å². The number of aromatic nitrogens is 5. The number of allylic oxidation sites excluding steroid dienone is 2. The number of oxazole rings is 1. The highest BCUT2D eigenvalue weighted by atomic mass is 32.2. The summed E-state index contributed by atoms with van der Waals surface area (Å²) in [5, 5.41) is 18.9. The van der Waals surface area contributed by atoms with Gasteiger partial charge in [0.2, 0.25) is 5.89 Å². The van der Waals surface area contributed by atoms with Gasteiger partial charge in [-0.2, -0.15) is 13.2 Å². The lowest BCUT2D eigenvalue weighted by Crippen LogP contribution is -2.40. The number of carboxylic acids is 1. The van der Waals surface area contributed by atoms with Gasteiger partial charge in [0.15, 0.2) is 21.9 Å². The minimum absolute atomic E-state index is 0.0956. The van der Waals surface area contributed by atoms with Gasteiger partial charge in [-0.15, -0.1) is 0 Å². The van der Waals surface area contributed by atoms with Crippen molar-refractivity contribution >= 4 is 45.7 Å². The zero-order valence-electron chi connectivity index (χ0n) is 25.2. The van der Waals surface area contributed by atoms with Crippen molar-refractivity contribution in [2.24, 2.45) is 12.8 Å². The lowest BCUT2D eigenvalue weighted by atomic mass is 9.88. The number of nitrogens with two attached hydrogens (primary N) is 1. The summed E-state index contributed by atoms with van der Waals surface area (Å²) in [6.45, 7) is 4.66. The molecular formula is C28H32F3N7O7S. The number of alkyl halides is 3. The molecule has 0 saturated heterocycles. The number of hydrogen-bond donors (Lipinski definition) is 2. The van der Waals surface area contributed by atoms with E-state index in [0.717, 1.165) is 35.8 Å². The van der Waals surface area contributed by atoms with Gasteiger partial charge in [0.25, 0.3) is 11.2 Å². The average Bonchev–Trinajstić information content (AvgIpc) is 3.57. The molecule has 1 saturated carbocycles. The van der Waals surface area contributed by atoms with Crippen LogP contribution in [0.25, 0.3) is 22.3 Å². The number of aryl methyl sites for hydroxylation is 1. The second-order valence-corrected chi connectivity index (χ2v) is 12.5. The summed E-state index contributed by atoms with van der Waals surface area (Å²) in [5.41, 5.74) is 7.38. The Kier molecular flexibility index (Phi) is 10.1. The first-order chi connectivity index (χ1) is 21.6. The van der Waals surface area contributed by atoms with Gasteiger partial charge in [-0.25, -0.2) is 24.1 Å². The highest BCUT2D eigenvalue weighted by molar-refractivity contribution is 8.00. The van der Waals surface area contributed by atoms with E-state index in [1.54, 1.807) is 18.8 Å². The van der Waals surface area contributed by atoms with E-state index in [1.165, 1.54) is 29.2 Å². The van der Waals surface area contributed by atoms with Crippen molar-refractivity contribution in [3.8, 4) is 0 Å². The van der Waals surface area contributed by atoms with Crippen LogP contribution in [0.3, 0.4) is 0 Å². The number of rotatable bonds is 8. The summed E-state index contributed by atoms with van der Waals surface area (Å²) >= 11 is 1.60. The molecule has 0 aliphatic heterocycles. The van der Waals surface area contributed by atoms with Gasteiger partial charge in [-0.1, -0.05) is 42.7 Å². The minimum Gasteiger partial charge on any atom is -0.475 e. The number of nitro groups is 1. The van der Waals surface area contributed by atoms with E-state index in [2.05, 4.69) is 4.98 Å². The Labute approximate surface area is 262 Å². The van der Waals surface area contributed by atoms with Gasteiger partial charge in [0.05, 0.1) is 4.92 Å². The third kappa shape index (κ3) is 7.33. The smallest absolute Gasteiger partial charge is 0.475 e. The highest BCUT2D eigenvalue weighted by Crippen LogP contribution is 2.43. The summed E-state index contributed by atoms with van der Waals surface area (Å²) in [5.74, 6) is -2.66.